The lowest BCUT2D eigenvalue weighted by Gasteiger charge is -2.16. The first-order valence-corrected chi connectivity index (χ1v) is 11.9. The average Bonchev–Trinajstić information content (AvgIpc) is 3.31. The van der Waals surface area contributed by atoms with Gasteiger partial charge in [0.1, 0.15) is 18.2 Å². The van der Waals surface area contributed by atoms with E-state index < -0.39 is 5.92 Å². The van der Waals surface area contributed by atoms with Gasteiger partial charge in [-0.15, -0.1) is 0 Å². The number of hydrogen-bond acceptors (Lipinski definition) is 6. The number of rotatable bonds is 10. The van der Waals surface area contributed by atoms with Gasteiger partial charge in [0.05, 0.1) is 25.8 Å². The van der Waals surface area contributed by atoms with Crippen molar-refractivity contribution in [2.24, 2.45) is 11.0 Å². The fraction of sp³-hybridized carbons (Fsp3) is 0.250. The van der Waals surface area contributed by atoms with Crippen LogP contribution in [0.5, 0.6) is 17.2 Å². The van der Waals surface area contributed by atoms with E-state index in [1.165, 1.54) is 18.3 Å². The lowest BCUT2D eigenvalue weighted by Crippen LogP contribution is -2.30. The molecule has 192 valence electrons. The van der Waals surface area contributed by atoms with E-state index in [4.69, 9.17) is 14.2 Å². The quantitative estimate of drug-likeness (QED) is 0.328. The van der Waals surface area contributed by atoms with Crippen LogP contribution in [0.2, 0.25) is 0 Å². The maximum Gasteiger partial charge on any atom is 0.245 e. The van der Waals surface area contributed by atoms with E-state index in [1.54, 1.807) is 66.6 Å². The smallest absolute Gasteiger partial charge is 0.245 e. The molecule has 0 aromatic heterocycles. The van der Waals surface area contributed by atoms with Crippen molar-refractivity contribution in [3.63, 3.8) is 0 Å². The summed E-state index contributed by atoms with van der Waals surface area (Å²) in [6.45, 7) is 2.84. The molecule has 1 aliphatic heterocycles. The fourth-order valence-electron chi connectivity index (χ4n) is 3.89. The Labute approximate surface area is 214 Å². The Balaban J connectivity index is 1.34. The SMILES string of the molecule is CCOc1cc(/C=N/NC(=O)[C@H]2CC(=O)N(c3ccc(OC)cc3)C2)ccc1OCc1ccc(F)cc1. The minimum absolute atomic E-state index is 0.113. The topological polar surface area (TPSA) is 89.5 Å². The van der Waals surface area contributed by atoms with Crippen molar-refractivity contribution in [3.8, 4) is 17.2 Å². The zero-order valence-electron chi connectivity index (χ0n) is 20.6. The summed E-state index contributed by atoms with van der Waals surface area (Å²) in [5.74, 6) is 0.499. The summed E-state index contributed by atoms with van der Waals surface area (Å²) in [5.41, 5.74) is 4.77. The third-order valence-corrected chi connectivity index (χ3v) is 5.84. The predicted octanol–water partition coefficient (Wildman–Crippen LogP) is 4.32. The first-order chi connectivity index (χ1) is 18.0. The highest BCUT2D eigenvalue weighted by Crippen LogP contribution is 2.29. The van der Waals surface area contributed by atoms with E-state index >= 15 is 0 Å². The van der Waals surface area contributed by atoms with E-state index in [0.29, 0.717) is 29.4 Å². The summed E-state index contributed by atoms with van der Waals surface area (Å²) in [6, 6.07) is 18.5. The van der Waals surface area contributed by atoms with Gasteiger partial charge in [0, 0.05) is 18.7 Å². The van der Waals surface area contributed by atoms with Crippen molar-refractivity contribution in [2.45, 2.75) is 20.0 Å². The van der Waals surface area contributed by atoms with Crippen LogP contribution in [0.3, 0.4) is 0 Å². The molecule has 2 amide bonds. The molecule has 1 aliphatic rings. The van der Waals surface area contributed by atoms with Crippen LogP contribution < -0.4 is 24.5 Å². The molecule has 1 fully saturated rings. The standard InChI is InChI=1S/C28H28FN3O5/c1-3-36-26-14-20(6-13-25(26)37-18-19-4-7-22(29)8-5-19)16-30-31-28(34)21-15-27(33)32(17-21)23-9-11-24(35-2)12-10-23/h4-14,16,21H,3,15,17-18H2,1-2H3,(H,31,34)/b30-16+/t21-/m0/s1. The third kappa shape index (κ3) is 6.63. The van der Waals surface area contributed by atoms with Crippen LogP contribution in [0.1, 0.15) is 24.5 Å². The van der Waals surface area contributed by atoms with Gasteiger partial charge in [-0.1, -0.05) is 12.1 Å². The highest BCUT2D eigenvalue weighted by atomic mass is 19.1. The highest BCUT2D eigenvalue weighted by molar-refractivity contribution is 6.00. The third-order valence-electron chi connectivity index (χ3n) is 5.84. The maximum absolute atomic E-state index is 13.1. The largest absolute Gasteiger partial charge is 0.497 e. The molecule has 0 unspecified atom stereocenters. The number of amides is 2. The number of carbonyl (C=O) groups excluding carboxylic acids is 2. The number of carbonyl (C=O) groups is 2. The van der Waals surface area contributed by atoms with Crippen LogP contribution in [0.15, 0.2) is 71.8 Å². The second kappa shape index (κ2) is 12.0. The number of benzene rings is 3. The number of halogens is 1. The predicted molar refractivity (Wildman–Crippen MR) is 138 cm³/mol. The van der Waals surface area contributed by atoms with Gasteiger partial charge >= 0.3 is 0 Å². The lowest BCUT2D eigenvalue weighted by atomic mass is 10.1. The Bertz CT molecular complexity index is 1260. The Morgan fingerprint density at radius 3 is 2.54 bits per heavy atom. The number of methoxy groups -OCH3 is 1. The molecular weight excluding hydrogens is 477 g/mol. The Kier molecular flexibility index (Phi) is 8.35. The highest BCUT2D eigenvalue weighted by Gasteiger charge is 2.35. The number of nitrogens with zero attached hydrogens (tertiary/aromatic N) is 2. The Morgan fingerprint density at radius 1 is 1.08 bits per heavy atom. The molecule has 8 nitrogen and oxygen atoms in total. The average molecular weight is 506 g/mol. The molecule has 4 rings (SSSR count). The van der Waals surface area contributed by atoms with Gasteiger partial charge in [-0.3, -0.25) is 9.59 Å². The van der Waals surface area contributed by atoms with E-state index in [1.807, 2.05) is 6.92 Å². The molecule has 0 saturated carbocycles. The van der Waals surface area contributed by atoms with Crippen molar-refractivity contribution in [3.05, 3.63) is 83.7 Å². The first kappa shape index (κ1) is 25.7. The molecule has 9 heteroatoms. The number of nitrogens with one attached hydrogen (secondary N) is 1. The lowest BCUT2D eigenvalue weighted by molar-refractivity contribution is -0.126. The van der Waals surface area contributed by atoms with Gasteiger partial charge in [0.2, 0.25) is 11.8 Å². The minimum Gasteiger partial charge on any atom is -0.497 e. The molecule has 3 aromatic carbocycles. The van der Waals surface area contributed by atoms with Crippen LogP contribution in [0.25, 0.3) is 0 Å². The van der Waals surface area contributed by atoms with Crippen LogP contribution in [-0.2, 0) is 16.2 Å². The van der Waals surface area contributed by atoms with Crippen LogP contribution in [-0.4, -0.2) is 38.3 Å². The first-order valence-electron chi connectivity index (χ1n) is 11.9. The molecular formula is C28H28FN3O5. The fourth-order valence-corrected chi connectivity index (χ4v) is 3.89. The monoisotopic (exact) mass is 505 g/mol. The molecule has 0 aliphatic carbocycles. The summed E-state index contributed by atoms with van der Waals surface area (Å²) in [6.07, 6.45) is 1.62. The van der Waals surface area contributed by atoms with Gasteiger partial charge < -0.3 is 19.1 Å². The van der Waals surface area contributed by atoms with Gasteiger partial charge in [0.15, 0.2) is 11.5 Å². The van der Waals surface area contributed by atoms with Crippen LogP contribution >= 0.6 is 0 Å². The number of hydrazone groups is 1. The van der Waals surface area contributed by atoms with Crippen molar-refractivity contribution >= 4 is 23.7 Å². The summed E-state index contributed by atoms with van der Waals surface area (Å²) in [7, 11) is 1.58. The number of ether oxygens (including phenoxy) is 3. The Morgan fingerprint density at radius 2 is 1.84 bits per heavy atom. The van der Waals surface area contributed by atoms with Crippen LogP contribution in [0, 0.1) is 11.7 Å². The molecule has 0 radical (unpaired) electrons. The van der Waals surface area contributed by atoms with Crippen LogP contribution in [0.4, 0.5) is 10.1 Å². The number of anilines is 1. The van der Waals surface area contributed by atoms with Gasteiger partial charge in [-0.05, 0) is 72.6 Å². The van der Waals surface area contributed by atoms with Gasteiger partial charge in [0.25, 0.3) is 0 Å². The summed E-state index contributed by atoms with van der Waals surface area (Å²) >= 11 is 0. The van der Waals surface area contributed by atoms with Crippen molar-refractivity contribution in [1.82, 2.24) is 5.43 Å². The van der Waals surface area contributed by atoms with E-state index in [-0.39, 0.29) is 37.2 Å². The van der Waals surface area contributed by atoms with E-state index in [0.717, 1.165) is 11.3 Å². The summed E-state index contributed by atoms with van der Waals surface area (Å²) < 4.78 is 29.8. The van der Waals surface area contributed by atoms with Gasteiger partial charge in [-0.25, -0.2) is 9.82 Å². The van der Waals surface area contributed by atoms with E-state index in [9.17, 15) is 14.0 Å². The Hall–Kier alpha value is -4.40. The second-order valence-corrected chi connectivity index (χ2v) is 8.39. The van der Waals surface area contributed by atoms with E-state index in [2.05, 4.69) is 10.5 Å². The summed E-state index contributed by atoms with van der Waals surface area (Å²) in [4.78, 5) is 26.7. The summed E-state index contributed by atoms with van der Waals surface area (Å²) in [5, 5.41) is 4.06. The van der Waals surface area contributed by atoms with Gasteiger partial charge in [-0.2, -0.15) is 5.10 Å². The molecule has 1 saturated heterocycles. The zero-order valence-corrected chi connectivity index (χ0v) is 20.6. The van der Waals surface area contributed by atoms with Crippen molar-refractivity contribution in [2.75, 3.05) is 25.2 Å². The van der Waals surface area contributed by atoms with Crippen molar-refractivity contribution in [1.29, 1.82) is 0 Å². The molecule has 1 N–H and O–H groups in total. The number of hydrogen-bond donors (Lipinski definition) is 1. The molecule has 1 heterocycles. The maximum atomic E-state index is 13.1. The molecule has 3 aromatic rings. The normalized spacial score (nSPS) is 15.2. The second-order valence-electron chi connectivity index (χ2n) is 8.39. The minimum atomic E-state index is -0.507. The molecule has 37 heavy (non-hydrogen) atoms. The molecule has 0 spiro atoms. The zero-order chi connectivity index (χ0) is 26.2. The molecule has 1 atom stereocenters. The van der Waals surface area contributed by atoms with Crippen molar-refractivity contribution < 1.29 is 28.2 Å². The molecule has 0 bridgehead atoms.